The van der Waals surface area contributed by atoms with Crippen LogP contribution < -0.4 is 9.74 Å². The predicted molar refractivity (Wildman–Crippen MR) is 73.5 cm³/mol. The fraction of sp³-hybridized carbons (Fsp3) is 0.462. The van der Waals surface area contributed by atoms with E-state index < -0.39 is 8.32 Å². The minimum absolute atomic E-state index is 0.231. The molecule has 1 unspecified atom stereocenters. The first kappa shape index (κ1) is 13.0. The predicted octanol–water partition coefficient (Wildman–Crippen LogP) is 2.41. The van der Waals surface area contributed by atoms with Crippen molar-refractivity contribution in [1.29, 1.82) is 0 Å². The molecule has 1 N–H and O–H groups in total. The van der Waals surface area contributed by atoms with Crippen LogP contribution >= 0.6 is 0 Å². The van der Waals surface area contributed by atoms with Crippen LogP contribution in [-0.2, 0) is 16.0 Å². The number of hydrogen-bond donors (Lipinski definition) is 1. The van der Waals surface area contributed by atoms with Gasteiger partial charge in [0.15, 0.2) is 0 Å². The van der Waals surface area contributed by atoms with E-state index in [4.69, 9.17) is 9.16 Å². The maximum absolute atomic E-state index is 11.6. The number of nitrogens with one attached hydrogen (secondary N) is 1. The average Bonchev–Trinajstić information content (AvgIpc) is 2.71. The number of benzene rings is 1. The third kappa shape index (κ3) is 2.67. The van der Waals surface area contributed by atoms with Gasteiger partial charge in [0.05, 0.1) is 7.11 Å². The van der Waals surface area contributed by atoms with Gasteiger partial charge in [0.2, 0.25) is 8.32 Å². The Labute approximate surface area is 108 Å². The summed E-state index contributed by atoms with van der Waals surface area (Å²) in [7, 11) is -0.233. The first-order chi connectivity index (χ1) is 8.40. The van der Waals surface area contributed by atoms with Gasteiger partial charge in [-0.05, 0) is 31.8 Å². The lowest BCUT2D eigenvalue weighted by atomic mass is 10.1. The highest BCUT2D eigenvalue weighted by Crippen LogP contribution is 2.35. The summed E-state index contributed by atoms with van der Waals surface area (Å²) >= 11 is 0. The minimum Gasteiger partial charge on any atom is -0.544 e. The summed E-state index contributed by atoms with van der Waals surface area (Å²) in [5.41, 5.74) is 2.05. The topological polar surface area (TPSA) is 47.6 Å². The van der Waals surface area contributed by atoms with Crippen molar-refractivity contribution in [3.8, 4) is 5.75 Å². The van der Waals surface area contributed by atoms with Crippen molar-refractivity contribution in [3.63, 3.8) is 0 Å². The molecule has 5 heteroatoms. The largest absolute Gasteiger partial charge is 0.544 e. The number of methoxy groups -OCH3 is 1. The maximum Gasteiger partial charge on any atom is 0.328 e. The molecule has 0 spiro atoms. The maximum atomic E-state index is 11.6. The van der Waals surface area contributed by atoms with E-state index in [1.807, 2.05) is 18.2 Å². The van der Waals surface area contributed by atoms with Gasteiger partial charge in [-0.25, -0.2) is 4.79 Å². The lowest BCUT2D eigenvalue weighted by Crippen LogP contribution is -2.30. The average molecular weight is 265 g/mol. The molecule has 0 radical (unpaired) electrons. The fourth-order valence-corrected chi connectivity index (χ4v) is 2.92. The summed E-state index contributed by atoms with van der Waals surface area (Å²) in [5, 5.41) is 3.17. The zero-order valence-corrected chi connectivity index (χ0v) is 12.2. The molecule has 1 aromatic rings. The molecule has 0 amide bonds. The SMILES string of the molecule is COC(=O)C1Cc2c(cccc2O[Si](C)(C)C)N1. The highest BCUT2D eigenvalue weighted by atomic mass is 28.4. The second-order valence-electron chi connectivity index (χ2n) is 5.42. The van der Waals surface area contributed by atoms with Crippen molar-refractivity contribution in [2.24, 2.45) is 0 Å². The Morgan fingerprint density at radius 1 is 1.39 bits per heavy atom. The van der Waals surface area contributed by atoms with Crippen molar-refractivity contribution >= 4 is 20.0 Å². The lowest BCUT2D eigenvalue weighted by molar-refractivity contribution is -0.141. The summed E-state index contributed by atoms with van der Waals surface area (Å²) in [6, 6.07) is 5.59. The highest BCUT2D eigenvalue weighted by molar-refractivity contribution is 6.70. The van der Waals surface area contributed by atoms with Crippen LogP contribution in [0.15, 0.2) is 18.2 Å². The van der Waals surface area contributed by atoms with Crippen LogP contribution in [0.5, 0.6) is 5.75 Å². The quantitative estimate of drug-likeness (QED) is 0.673. The summed E-state index contributed by atoms with van der Waals surface area (Å²) in [6.45, 7) is 6.44. The Kier molecular flexibility index (Phi) is 3.34. The van der Waals surface area contributed by atoms with Gasteiger partial charge < -0.3 is 14.5 Å². The first-order valence-electron chi connectivity index (χ1n) is 6.06. The molecule has 1 aliphatic rings. The van der Waals surface area contributed by atoms with Gasteiger partial charge in [0.1, 0.15) is 11.8 Å². The van der Waals surface area contributed by atoms with E-state index in [-0.39, 0.29) is 12.0 Å². The Morgan fingerprint density at radius 3 is 2.72 bits per heavy atom. The second kappa shape index (κ2) is 4.64. The number of ether oxygens (including phenoxy) is 1. The van der Waals surface area contributed by atoms with Gasteiger partial charge >= 0.3 is 5.97 Å². The normalized spacial score (nSPS) is 17.9. The van der Waals surface area contributed by atoms with E-state index in [0.29, 0.717) is 6.42 Å². The van der Waals surface area contributed by atoms with Crippen LogP contribution in [0, 0.1) is 0 Å². The Balaban J connectivity index is 2.24. The van der Waals surface area contributed by atoms with Gasteiger partial charge in [0, 0.05) is 17.7 Å². The van der Waals surface area contributed by atoms with E-state index >= 15 is 0 Å². The summed E-state index contributed by atoms with van der Waals surface area (Å²) in [4.78, 5) is 11.6. The van der Waals surface area contributed by atoms with Crippen LogP contribution in [0.25, 0.3) is 0 Å². The van der Waals surface area contributed by atoms with Crippen LogP contribution in [0.2, 0.25) is 19.6 Å². The molecule has 2 rings (SSSR count). The Hall–Kier alpha value is -1.49. The number of rotatable bonds is 3. The molecular formula is C13H19NO3Si. The summed E-state index contributed by atoms with van der Waals surface area (Å²) < 4.78 is 10.8. The zero-order chi connectivity index (χ0) is 13.3. The molecule has 18 heavy (non-hydrogen) atoms. The van der Waals surface area contributed by atoms with E-state index in [2.05, 4.69) is 25.0 Å². The smallest absolute Gasteiger partial charge is 0.328 e. The second-order valence-corrected chi connectivity index (χ2v) is 9.85. The molecular weight excluding hydrogens is 246 g/mol. The fourth-order valence-electron chi connectivity index (χ4n) is 2.06. The first-order valence-corrected chi connectivity index (χ1v) is 9.47. The van der Waals surface area contributed by atoms with E-state index in [1.54, 1.807) is 0 Å². The van der Waals surface area contributed by atoms with Crippen LogP contribution in [0.4, 0.5) is 5.69 Å². The van der Waals surface area contributed by atoms with Crippen molar-refractivity contribution < 1.29 is 14.0 Å². The Bertz CT molecular complexity index is 468. The van der Waals surface area contributed by atoms with Crippen LogP contribution in [0.3, 0.4) is 0 Å². The Morgan fingerprint density at radius 2 is 2.11 bits per heavy atom. The molecule has 98 valence electrons. The number of carbonyl (C=O) groups is 1. The molecule has 1 heterocycles. The zero-order valence-electron chi connectivity index (χ0n) is 11.2. The van der Waals surface area contributed by atoms with Crippen molar-refractivity contribution in [3.05, 3.63) is 23.8 Å². The van der Waals surface area contributed by atoms with Crippen molar-refractivity contribution in [1.82, 2.24) is 0 Å². The molecule has 4 nitrogen and oxygen atoms in total. The third-order valence-electron chi connectivity index (χ3n) is 2.77. The third-order valence-corrected chi connectivity index (χ3v) is 3.61. The number of fused-ring (bicyclic) bond motifs is 1. The molecule has 0 aromatic heterocycles. The van der Waals surface area contributed by atoms with Crippen LogP contribution in [-0.4, -0.2) is 27.4 Å². The number of carbonyl (C=O) groups excluding carboxylic acids is 1. The van der Waals surface area contributed by atoms with E-state index in [9.17, 15) is 4.79 Å². The summed E-state index contributed by atoms with van der Waals surface area (Å²) in [5.74, 6) is 0.663. The molecule has 0 aliphatic carbocycles. The van der Waals surface area contributed by atoms with Gasteiger partial charge in [-0.2, -0.15) is 0 Å². The van der Waals surface area contributed by atoms with Crippen LogP contribution in [0.1, 0.15) is 5.56 Å². The molecule has 0 saturated carbocycles. The molecule has 0 saturated heterocycles. The van der Waals surface area contributed by atoms with Crippen molar-refractivity contribution in [2.45, 2.75) is 32.1 Å². The van der Waals surface area contributed by atoms with E-state index in [1.165, 1.54) is 7.11 Å². The molecule has 0 fully saturated rings. The molecule has 1 atom stereocenters. The molecule has 1 aromatic carbocycles. The van der Waals surface area contributed by atoms with E-state index in [0.717, 1.165) is 17.0 Å². The standard InChI is InChI=1S/C13H19NO3Si/c1-16-13(15)11-8-9-10(14-11)6-5-7-12(9)17-18(2,3)4/h5-7,11,14H,8H2,1-4H3. The highest BCUT2D eigenvalue weighted by Gasteiger charge is 2.30. The number of anilines is 1. The van der Waals surface area contributed by atoms with Gasteiger partial charge in [-0.15, -0.1) is 0 Å². The molecule has 1 aliphatic heterocycles. The van der Waals surface area contributed by atoms with Gasteiger partial charge in [0.25, 0.3) is 0 Å². The van der Waals surface area contributed by atoms with Gasteiger partial charge in [-0.3, -0.25) is 0 Å². The van der Waals surface area contributed by atoms with Gasteiger partial charge in [-0.1, -0.05) is 6.07 Å². The number of hydrogen-bond acceptors (Lipinski definition) is 4. The number of esters is 1. The van der Waals surface area contributed by atoms with Crippen molar-refractivity contribution in [2.75, 3.05) is 12.4 Å². The lowest BCUT2D eigenvalue weighted by Gasteiger charge is -2.21. The molecule has 0 bridgehead atoms. The minimum atomic E-state index is -1.64. The summed E-state index contributed by atoms with van der Waals surface area (Å²) in [6.07, 6.45) is 0.628. The monoisotopic (exact) mass is 265 g/mol.